The third-order valence-electron chi connectivity index (χ3n) is 0.773. The Hall–Kier alpha value is -0.950. The Bertz CT molecular complexity index is 176. The zero-order valence-electron chi connectivity index (χ0n) is 5.09. The highest BCUT2D eigenvalue weighted by Gasteiger charge is 2.54. The molecular weight excluding hydrogens is 197 g/mol. The summed E-state index contributed by atoms with van der Waals surface area (Å²) in [4.78, 5) is 0. The highest BCUT2D eigenvalue weighted by molar-refractivity contribution is 5.15. The second kappa shape index (κ2) is 2.83. The van der Waals surface area contributed by atoms with E-state index in [2.05, 4.69) is 0 Å². The topological polar surface area (TPSA) is 20.2 Å². The first-order valence-corrected chi connectivity index (χ1v) is 2.30. The van der Waals surface area contributed by atoms with E-state index in [1.54, 1.807) is 0 Å². The molecule has 72 valence electrons. The van der Waals surface area contributed by atoms with Crippen LogP contribution in [0.2, 0.25) is 0 Å². The molecule has 0 amide bonds. The first kappa shape index (κ1) is 11.0. The molecule has 1 N–H and O–H groups in total. The number of allylic oxidation sites excluding steroid dienone is 1. The molecule has 0 aromatic rings. The van der Waals surface area contributed by atoms with Crippen molar-refractivity contribution in [1.29, 1.82) is 0 Å². The quantitative estimate of drug-likeness (QED) is 0.468. The van der Waals surface area contributed by atoms with Crippen LogP contribution in [-0.4, -0.2) is 17.5 Å². The molecule has 0 saturated carbocycles. The van der Waals surface area contributed by atoms with Crippen molar-refractivity contribution in [2.75, 3.05) is 0 Å². The summed E-state index contributed by atoms with van der Waals surface area (Å²) in [5.41, 5.74) is -3.53. The van der Waals surface area contributed by atoms with E-state index in [4.69, 9.17) is 5.11 Å². The maximum Gasteiger partial charge on any atom is 0.427 e. The summed E-state index contributed by atoms with van der Waals surface area (Å²) in [6.45, 7) is 0. The molecule has 0 fully saturated rings. The first-order valence-electron chi connectivity index (χ1n) is 2.30. The minimum Gasteiger partial charge on any atom is -0.486 e. The summed E-state index contributed by atoms with van der Waals surface area (Å²) < 4.78 is 79.1. The van der Waals surface area contributed by atoms with Crippen molar-refractivity contribution in [3.05, 3.63) is 11.6 Å². The van der Waals surface area contributed by atoms with Crippen LogP contribution >= 0.6 is 0 Å². The van der Waals surface area contributed by atoms with Crippen LogP contribution in [0.25, 0.3) is 0 Å². The fraction of sp³-hybridized carbons (Fsp3) is 0.500. The number of aliphatic hydroxyl groups excluding tert-OH is 1. The zero-order chi connectivity index (χ0) is 10.2. The van der Waals surface area contributed by atoms with Gasteiger partial charge in [-0.15, -0.1) is 0 Å². The van der Waals surface area contributed by atoms with Crippen molar-refractivity contribution in [3.63, 3.8) is 0 Å². The Balaban J connectivity index is 5.13. The molecule has 0 unspecified atom stereocenters. The van der Waals surface area contributed by atoms with Crippen molar-refractivity contribution in [2.45, 2.75) is 12.4 Å². The lowest BCUT2D eigenvalue weighted by atomic mass is 10.3. The predicted octanol–water partition coefficient (Wildman–Crippen LogP) is 2.85. The minimum atomic E-state index is -5.95. The molecule has 0 radical (unpaired) electrons. The third kappa shape index (κ3) is 2.59. The molecule has 0 spiro atoms. The molecular formula is C4HF7O. The van der Waals surface area contributed by atoms with Gasteiger partial charge in [0, 0.05) is 0 Å². The minimum absolute atomic E-state index is 3.28. The van der Waals surface area contributed by atoms with Gasteiger partial charge in [0.15, 0.2) is 0 Å². The van der Waals surface area contributed by atoms with Gasteiger partial charge in [-0.05, 0) is 0 Å². The normalized spacial score (nSPS) is 12.9. The number of hydrogen-bond donors (Lipinski definition) is 1. The molecule has 0 aliphatic heterocycles. The van der Waals surface area contributed by atoms with Crippen LogP contribution in [-0.2, 0) is 0 Å². The van der Waals surface area contributed by atoms with E-state index in [1.165, 1.54) is 0 Å². The molecule has 0 aliphatic carbocycles. The van der Waals surface area contributed by atoms with Crippen LogP contribution < -0.4 is 0 Å². The number of halogens is 7. The van der Waals surface area contributed by atoms with Crippen molar-refractivity contribution in [2.24, 2.45) is 0 Å². The molecule has 0 saturated heterocycles. The summed E-state index contributed by atoms with van der Waals surface area (Å²) in [6.07, 6.45) is -11.9. The van der Waals surface area contributed by atoms with Crippen LogP contribution in [0.4, 0.5) is 30.7 Å². The number of rotatable bonds is 0. The Morgan fingerprint density at radius 2 is 1.08 bits per heavy atom. The standard InChI is InChI=1S/C4HF7O/c5-2(12)1(3(6,7)8)4(9,10)11/h12H. The van der Waals surface area contributed by atoms with E-state index in [9.17, 15) is 30.7 Å². The summed E-state index contributed by atoms with van der Waals surface area (Å²) in [5.74, 6) is 0. The van der Waals surface area contributed by atoms with Crippen LogP contribution in [0.3, 0.4) is 0 Å². The summed E-state index contributed by atoms with van der Waals surface area (Å²) in [7, 11) is 0. The smallest absolute Gasteiger partial charge is 0.427 e. The average Bonchev–Trinajstić information content (AvgIpc) is 1.49. The molecule has 0 heterocycles. The van der Waals surface area contributed by atoms with Crippen molar-refractivity contribution < 1.29 is 35.8 Å². The van der Waals surface area contributed by atoms with E-state index >= 15 is 0 Å². The summed E-state index contributed by atoms with van der Waals surface area (Å²) in [6, 6.07) is -3.28. The first-order chi connectivity index (χ1) is 5.07. The Labute approximate surface area is 61.1 Å². The van der Waals surface area contributed by atoms with Crippen molar-refractivity contribution in [1.82, 2.24) is 0 Å². The lowest BCUT2D eigenvalue weighted by Crippen LogP contribution is -2.27. The number of aliphatic hydroxyl groups is 1. The lowest BCUT2D eigenvalue weighted by Gasteiger charge is -2.13. The summed E-state index contributed by atoms with van der Waals surface area (Å²) >= 11 is 0. The van der Waals surface area contributed by atoms with Gasteiger partial charge in [0.1, 0.15) is 0 Å². The van der Waals surface area contributed by atoms with Crippen LogP contribution in [0.1, 0.15) is 0 Å². The van der Waals surface area contributed by atoms with Gasteiger partial charge in [-0.2, -0.15) is 30.7 Å². The predicted molar refractivity (Wildman–Crippen MR) is 22.9 cm³/mol. The van der Waals surface area contributed by atoms with E-state index in [-0.39, 0.29) is 0 Å². The van der Waals surface area contributed by atoms with Gasteiger partial charge >= 0.3 is 12.4 Å². The lowest BCUT2D eigenvalue weighted by molar-refractivity contribution is -0.177. The molecule has 0 rings (SSSR count). The maximum atomic E-state index is 11.4. The van der Waals surface area contributed by atoms with Gasteiger partial charge in [-0.3, -0.25) is 0 Å². The largest absolute Gasteiger partial charge is 0.486 e. The van der Waals surface area contributed by atoms with Gasteiger partial charge < -0.3 is 5.11 Å². The number of alkyl halides is 6. The number of hydrogen-bond acceptors (Lipinski definition) is 1. The molecule has 8 heteroatoms. The highest BCUT2D eigenvalue weighted by Crippen LogP contribution is 2.40. The molecule has 0 aromatic carbocycles. The highest BCUT2D eigenvalue weighted by atomic mass is 19.4. The third-order valence-corrected chi connectivity index (χ3v) is 0.773. The van der Waals surface area contributed by atoms with Gasteiger partial charge in [0.05, 0.1) is 0 Å². The maximum absolute atomic E-state index is 11.4. The molecule has 0 aromatic heterocycles. The molecule has 12 heavy (non-hydrogen) atoms. The van der Waals surface area contributed by atoms with Crippen LogP contribution in [0.15, 0.2) is 11.6 Å². The van der Waals surface area contributed by atoms with Crippen LogP contribution in [0, 0.1) is 0 Å². The summed E-state index contributed by atoms with van der Waals surface area (Å²) in [5, 5.41) is 7.46. The fourth-order valence-electron chi connectivity index (χ4n) is 0.395. The Kier molecular flexibility index (Phi) is 2.61. The van der Waals surface area contributed by atoms with E-state index < -0.39 is 23.9 Å². The average molecular weight is 198 g/mol. The van der Waals surface area contributed by atoms with Gasteiger partial charge in [-0.1, -0.05) is 0 Å². The SMILES string of the molecule is OC(F)=C(C(F)(F)F)C(F)(F)F. The van der Waals surface area contributed by atoms with E-state index in [0.717, 1.165) is 0 Å². The van der Waals surface area contributed by atoms with Gasteiger partial charge in [-0.25, -0.2) is 0 Å². The molecule has 0 atom stereocenters. The molecule has 0 bridgehead atoms. The van der Waals surface area contributed by atoms with Crippen molar-refractivity contribution >= 4 is 0 Å². The van der Waals surface area contributed by atoms with Crippen LogP contribution in [0.5, 0.6) is 0 Å². The Morgan fingerprint density at radius 3 is 1.08 bits per heavy atom. The Morgan fingerprint density at radius 1 is 0.833 bits per heavy atom. The fourth-order valence-corrected chi connectivity index (χ4v) is 0.395. The second-order valence-electron chi connectivity index (χ2n) is 1.66. The second-order valence-corrected chi connectivity index (χ2v) is 1.66. The monoisotopic (exact) mass is 198 g/mol. The van der Waals surface area contributed by atoms with Gasteiger partial charge in [0.25, 0.3) is 6.01 Å². The zero-order valence-corrected chi connectivity index (χ0v) is 5.09. The van der Waals surface area contributed by atoms with Crippen molar-refractivity contribution in [3.8, 4) is 0 Å². The van der Waals surface area contributed by atoms with Gasteiger partial charge in [0.2, 0.25) is 5.57 Å². The van der Waals surface area contributed by atoms with E-state index in [0.29, 0.717) is 0 Å². The molecule has 1 nitrogen and oxygen atoms in total. The van der Waals surface area contributed by atoms with E-state index in [1.807, 2.05) is 0 Å². The molecule has 0 aliphatic rings.